The molecule has 7 heavy (non-hydrogen) atoms. The average Bonchev–Trinajstić information content (AvgIpc) is 1.65. The molecule has 0 radical (unpaired) electrons. The Morgan fingerprint density at radius 3 is 1.57 bits per heavy atom. The van der Waals surface area contributed by atoms with Crippen molar-refractivity contribution < 1.29 is 13.3 Å². The first-order valence-corrected chi connectivity index (χ1v) is 38.6. The third-order valence-electron chi connectivity index (χ3n) is 0.122. The standard InChI is InChI=1S/I7/c1-5-7(4)6(2)3/q-1. The van der Waals surface area contributed by atoms with Crippen LogP contribution >= 0.6 is 90.3 Å². The number of halogens is 7. The van der Waals surface area contributed by atoms with Crippen LogP contribution in [0, 0.1) is 0 Å². The van der Waals surface area contributed by atoms with Crippen molar-refractivity contribution in [1.29, 1.82) is 0 Å². The van der Waals surface area contributed by atoms with Gasteiger partial charge in [-0.05, 0) is 0 Å². The number of hydrogen-bond acceptors (Lipinski definition) is 0. The van der Waals surface area contributed by atoms with E-state index in [1.165, 1.54) is 0 Å². The molecule has 0 N–H and O–H groups in total. The second-order valence-corrected chi connectivity index (χ2v) is 114. The molecule has 0 fully saturated rings. The molecule has 0 heterocycles. The second kappa shape index (κ2) is 7.74. The molecule has 7 heteroatoms. The van der Waals surface area contributed by atoms with Crippen molar-refractivity contribution >= 4 is 90.3 Å². The van der Waals surface area contributed by atoms with E-state index in [-0.39, 0.29) is 15.8 Å². The summed E-state index contributed by atoms with van der Waals surface area (Å²) < 4.78 is 0. The Kier molecular flexibility index (Phi) is 13.4. The SMILES string of the molecule is I[I-]I(I)I(I)I. The van der Waals surface area contributed by atoms with E-state index in [9.17, 15) is 0 Å². The topological polar surface area (TPSA) is 0 Å². The van der Waals surface area contributed by atoms with E-state index in [1.54, 1.807) is 0 Å². The fourth-order valence-corrected chi connectivity index (χ4v) is 210. The van der Waals surface area contributed by atoms with E-state index in [4.69, 9.17) is 0 Å². The molecule has 0 amide bonds. The summed E-state index contributed by atoms with van der Waals surface area (Å²) in [5.41, 5.74) is 0. The molecule has 0 rings (SSSR count). The van der Waals surface area contributed by atoms with Gasteiger partial charge in [-0.1, -0.05) is 0 Å². The Bertz CT molecular complexity index is 37.3. The quantitative estimate of drug-likeness (QED) is 0.375. The molecular weight excluding hydrogens is 888 g/mol. The zero-order valence-electron chi connectivity index (χ0n) is 2.65. The van der Waals surface area contributed by atoms with Crippen LogP contribution in [0.2, 0.25) is 0 Å². The Morgan fingerprint density at radius 2 is 1.57 bits per heavy atom. The van der Waals surface area contributed by atoms with E-state index in [0.29, 0.717) is 13.3 Å². The zero-order chi connectivity index (χ0) is 5.86. The molecule has 0 spiro atoms. The van der Waals surface area contributed by atoms with Crippen LogP contribution in [-0.4, -0.2) is 0 Å². The Labute approximate surface area is 99.0 Å². The van der Waals surface area contributed by atoms with Crippen LogP contribution in [0.3, 0.4) is 0 Å². The van der Waals surface area contributed by atoms with Gasteiger partial charge in [-0.3, -0.25) is 0 Å². The summed E-state index contributed by atoms with van der Waals surface area (Å²) in [6.45, 7) is 0. The van der Waals surface area contributed by atoms with E-state index < -0.39 is 0 Å². The molecule has 0 aromatic heterocycles. The predicted octanol–water partition coefficient (Wildman–Crippen LogP) is 2.32. The van der Waals surface area contributed by atoms with Gasteiger partial charge >= 0.3 is 104 Å². The van der Waals surface area contributed by atoms with E-state index >= 15 is 0 Å². The fourth-order valence-electron chi connectivity index (χ4n) is 0.0154. The molecule has 0 aromatic carbocycles. The van der Waals surface area contributed by atoms with Gasteiger partial charge in [0.05, 0.1) is 0 Å². The van der Waals surface area contributed by atoms with Gasteiger partial charge in [0, 0.05) is 0 Å². The predicted molar refractivity (Wildman–Crippen MR) is 84.1 cm³/mol. The summed E-state index contributed by atoms with van der Waals surface area (Å²) >= 11 is 11.4. The van der Waals surface area contributed by atoms with Crippen LogP contribution in [-0.2, 0) is 0 Å². The molecule has 0 aliphatic carbocycles. The van der Waals surface area contributed by atoms with Gasteiger partial charge in [0.25, 0.3) is 0 Å². The summed E-state index contributed by atoms with van der Waals surface area (Å²) in [4.78, 5) is 0. The van der Waals surface area contributed by atoms with Crippen LogP contribution in [0.25, 0.3) is 0 Å². The van der Waals surface area contributed by atoms with E-state index in [1.807, 2.05) is 0 Å². The first-order valence-electron chi connectivity index (χ1n) is 0.857. The maximum atomic E-state index is 2.75. The van der Waals surface area contributed by atoms with Crippen molar-refractivity contribution in [3.05, 3.63) is 0 Å². The zero-order valence-corrected chi connectivity index (χ0v) is 17.7. The minimum absolute atomic E-state index is 0.206. The summed E-state index contributed by atoms with van der Waals surface area (Å²) in [6, 6.07) is 0. The Balaban J connectivity index is 3.14. The van der Waals surface area contributed by atoms with Crippen molar-refractivity contribution in [2.75, 3.05) is 0 Å². The van der Waals surface area contributed by atoms with Gasteiger partial charge in [-0.25, -0.2) is 0 Å². The van der Waals surface area contributed by atoms with Crippen LogP contribution < -0.4 is 13.3 Å². The second-order valence-electron chi connectivity index (χ2n) is 0.378. The van der Waals surface area contributed by atoms with Crippen molar-refractivity contribution in [3.8, 4) is 0 Å². The fraction of sp³-hybridized carbons (Fsp3) is 0. The molecule has 0 saturated heterocycles. The van der Waals surface area contributed by atoms with Crippen molar-refractivity contribution in [2.24, 2.45) is 0 Å². The van der Waals surface area contributed by atoms with E-state index in [2.05, 4.69) is 74.5 Å². The van der Waals surface area contributed by atoms with Crippen LogP contribution in [0.5, 0.6) is 0 Å². The monoisotopic (exact) mass is 888 g/mol. The molecule has 0 atom stereocenters. The van der Waals surface area contributed by atoms with Crippen molar-refractivity contribution in [2.45, 2.75) is 0 Å². The summed E-state index contributed by atoms with van der Waals surface area (Å²) in [7, 11) is -0.491. The molecule has 0 aliphatic rings. The summed E-state index contributed by atoms with van der Waals surface area (Å²) in [5.74, 6) is 0. The normalized spacial score (nSPS) is 14.3. The van der Waals surface area contributed by atoms with Crippen LogP contribution in [0.4, 0.5) is 0 Å². The molecular formula is I7-. The molecule has 0 aromatic rings. The minimum atomic E-state index is -0.285. The molecule has 0 saturated carbocycles. The molecule has 0 bridgehead atoms. The molecule has 0 aliphatic heterocycles. The molecule has 0 unspecified atom stereocenters. The van der Waals surface area contributed by atoms with E-state index in [0.717, 1.165) is 0 Å². The average molecular weight is 888 g/mol. The number of hydrogen-bond donors (Lipinski definition) is 0. The Morgan fingerprint density at radius 1 is 1.14 bits per heavy atom. The third kappa shape index (κ3) is 7.47. The van der Waals surface area contributed by atoms with Crippen LogP contribution in [0.15, 0.2) is 0 Å². The van der Waals surface area contributed by atoms with Gasteiger partial charge in [0.1, 0.15) is 0 Å². The third-order valence-corrected chi connectivity index (χ3v) is 248. The summed E-state index contributed by atoms with van der Waals surface area (Å²) in [6.07, 6.45) is 0. The Hall–Kier alpha value is 5.11. The first-order chi connectivity index (χ1) is 3.18. The maximum absolute atomic E-state index is 2.75. The van der Waals surface area contributed by atoms with Crippen molar-refractivity contribution in [3.63, 3.8) is 0 Å². The first kappa shape index (κ1) is 12.1. The van der Waals surface area contributed by atoms with Gasteiger partial charge in [0.2, 0.25) is 0 Å². The van der Waals surface area contributed by atoms with Gasteiger partial charge < -0.3 is 0 Å². The van der Waals surface area contributed by atoms with Gasteiger partial charge in [-0.15, -0.1) is 0 Å². The van der Waals surface area contributed by atoms with Crippen LogP contribution in [0.1, 0.15) is 0 Å². The van der Waals surface area contributed by atoms with Crippen molar-refractivity contribution in [1.82, 2.24) is 0 Å². The van der Waals surface area contributed by atoms with Gasteiger partial charge in [-0.2, -0.15) is 0 Å². The summed E-state index contributed by atoms with van der Waals surface area (Å²) in [5, 5.41) is 0. The number of rotatable bonds is 2. The molecule has 0 nitrogen and oxygen atoms in total. The molecule has 50 valence electrons. The van der Waals surface area contributed by atoms with Gasteiger partial charge in [0.15, 0.2) is 0 Å².